The first-order valence-corrected chi connectivity index (χ1v) is 9.99. The summed E-state index contributed by atoms with van der Waals surface area (Å²) in [6.07, 6.45) is 4.53. The van der Waals surface area contributed by atoms with Gasteiger partial charge in [-0.25, -0.2) is 4.39 Å². The number of methoxy groups -OCH3 is 1. The van der Waals surface area contributed by atoms with Crippen LogP contribution in [0, 0.1) is 11.7 Å². The number of aliphatic hydroxyl groups is 1. The number of nitrogens with zero attached hydrogens (tertiary/aromatic N) is 2. The predicted molar refractivity (Wildman–Crippen MR) is 101 cm³/mol. The van der Waals surface area contributed by atoms with Crippen molar-refractivity contribution in [2.45, 2.75) is 49.5 Å². The molecule has 0 spiro atoms. The molecule has 4 aliphatic rings. The summed E-state index contributed by atoms with van der Waals surface area (Å²) in [6, 6.07) is 2.48. The number of halogens is 2. The monoisotopic (exact) mass is 421 g/mol. The average Bonchev–Trinajstić information content (AvgIpc) is 3.35. The Hall–Kier alpha value is -2.32. The van der Waals surface area contributed by atoms with Crippen LogP contribution in [0.2, 0.25) is 5.02 Å². The van der Waals surface area contributed by atoms with Crippen molar-refractivity contribution in [1.29, 1.82) is 0 Å². The van der Waals surface area contributed by atoms with E-state index in [2.05, 4.69) is 10.4 Å². The standard InChI is InChI=1S/C20H21ClFN3O4/c1-28-11-8-23-25(9-11)20-5-10(6-20)15(7-20)24-19(27)18-4-16(26)12-2-13(21)14(22)3-17(12)29-18/h2-3,8-10,15-16,18,26H,4-7H2,1H3,(H,24,27)/t10?,15?,16-,18-,20?/m1/s1. The van der Waals surface area contributed by atoms with E-state index in [1.54, 1.807) is 13.3 Å². The molecule has 1 aromatic heterocycles. The van der Waals surface area contributed by atoms with Crippen LogP contribution < -0.4 is 14.8 Å². The van der Waals surface area contributed by atoms with Crippen LogP contribution in [-0.2, 0) is 10.3 Å². The third kappa shape index (κ3) is 2.97. The van der Waals surface area contributed by atoms with Crippen LogP contribution in [0.5, 0.6) is 11.5 Å². The normalized spacial score (nSPS) is 32.1. The molecule has 9 heteroatoms. The molecule has 2 N–H and O–H groups in total. The van der Waals surface area contributed by atoms with E-state index in [-0.39, 0.29) is 34.7 Å². The molecule has 1 amide bonds. The maximum atomic E-state index is 13.8. The number of amides is 1. The zero-order chi connectivity index (χ0) is 20.3. The number of ether oxygens (including phenoxy) is 2. The first-order valence-electron chi connectivity index (χ1n) is 9.62. The van der Waals surface area contributed by atoms with E-state index in [0.717, 1.165) is 25.3 Å². The highest BCUT2D eigenvalue weighted by molar-refractivity contribution is 6.30. The molecule has 6 rings (SSSR count). The topological polar surface area (TPSA) is 85.6 Å². The van der Waals surface area contributed by atoms with E-state index in [1.807, 2.05) is 10.9 Å². The minimum Gasteiger partial charge on any atom is -0.493 e. The van der Waals surface area contributed by atoms with Crippen molar-refractivity contribution in [1.82, 2.24) is 15.1 Å². The van der Waals surface area contributed by atoms with Crippen LogP contribution in [-0.4, -0.2) is 40.0 Å². The lowest BCUT2D eigenvalue weighted by molar-refractivity contribution is -0.131. The van der Waals surface area contributed by atoms with Crippen molar-refractivity contribution in [3.05, 3.63) is 40.9 Å². The Morgan fingerprint density at radius 3 is 2.97 bits per heavy atom. The van der Waals surface area contributed by atoms with E-state index < -0.39 is 18.0 Å². The number of rotatable bonds is 4. The fourth-order valence-electron chi connectivity index (χ4n) is 4.94. The highest BCUT2D eigenvalue weighted by Gasteiger charge is 2.58. The van der Waals surface area contributed by atoms with E-state index in [9.17, 15) is 14.3 Å². The maximum absolute atomic E-state index is 13.8. The van der Waals surface area contributed by atoms with Gasteiger partial charge in [0.2, 0.25) is 0 Å². The highest BCUT2D eigenvalue weighted by Crippen LogP contribution is 2.57. The van der Waals surface area contributed by atoms with Crippen molar-refractivity contribution in [3.8, 4) is 11.5 Å². The molecule has 3 fully saturated rings. The van der Waals surface area contributed by atoms with Gasteiger partial charge in [0.15, 0.2) is 11.9 Å². The molecule has 2 bridgehead atoms. The van der Waals surface area contributed by atoms with Gasteiger partial charge < -0.3 is 19.9 Å². The summed E-state index contributed by atoms with van der Waals surface area (Å²) in [6.45, 7) is 0. The van der Waals surface area contributed by atoms with Crippen molar-refractivity contribution >= 4 is 17.5 Å². The number of nitrogens with one attached hydrogen (secondary N) is 1. The molecule has 1 aliphatic heterocycles. The summed E-state index contributed by atoms with van der Waals surface area (Å²) in [5.41, 5.74) is 0.314. The van der Waals surface area contributed by atoms with Gasteiger partial charge >= 0.3 is 0 Å². The first-order chi connectivity index (χ1) is 13.9. The van der Waals surface area contributed by atoms with Crippen molar-refractivity contribution in [2.75, 3.05) is 7.11 Å². The van der Waals surface area contributed by atoms with Crippen molar-refractivity contribution in [3.63, 3.8) is 0 Å². The van der Waals surface area contributed by atoms with Crippen LogP contribution in [0.4, 0.5) is 4.39 Å². The SMILES string of the molecule is COc1cnn(C23CC(C2)C(NC(=O)[C@H]2C[C@@H](O)c4cc(Cl)c(F)cc4O2)C3)c1. The minimum atomic E-state index is -0.937. The zero-order valence-corrected chi connectivity index (χ0v) is 16.5. The molecular formula is C20H21ClFN3O4. The predicted octanol–water partition coefficient (Wildman–Crippen LogP) is 2.56. The Bertz CT molecular complexity index is 975. The Morgan fingerprint density at radius 1 is 1.45 bits per heavy atom. The molecule has 0 radical (unpaired) electrons. The molecule has 0 saturated heterocycles. The summed E-state index contributed by atoms with van der Waals surface area (Å²) in [5.74, 6) is 0.307. The number of carbonyl (C=O) groups excluding carboxylic acids is 1. The van der Waals surface area contributed by atoms with Crippen LogP contribution >= 0.6 is 11.6 Å². The fraction of sp³-hybridized carbons (Fsp3) is 0.500. The van der Waals surface area contributed by atoms with Gasteiger partial charge in [-0.05, 0) is 31.2 Å². The van der Waals surface area contributed by atoms with Gasteiger partial charge in [0.05, 0.1) is 36.2 Å². The number of hydrogen-bond acceptors (Lipinski definition) is 5. The van der Waals surface area contributed by atoms with Crippen LogP contribution in [0.3, 0.4) is 0 Å². The molecule has 3 aliphatic carbocycles. The van der Waals surface area contributed by atoms with E-state index in [0.29, 0.717) is 17.2 Å². The van der Waals surface area contributed by atoms with Crippen LogP contribution in [0.25, 0.3) is 0 Å². The molecule has 2 aromatic rings. The average molecular weight is 422 g/mol. The summed E-state index contributed by atoms with van der Waals surface area (Å²) in [7, 11) is 1.61. The fourth-order valence-corrected chi connectivity index (χ4v) is 5.11. The van der Waals surface area contributed by atoms with Crippen LogP contribution in [0.15, 0.2) is 24.5 Å². The number of hydrogen-bond donors (Lipinski definition) is 2. The third-order valence-corrected chi connectivity index (χ3v) is 6.76. The second-order valence-electron chi connectivity index (χ2n) is 8.20. The molecule has 3 atom stereocenters. The third-order valence-electron chi connectivity index (χ3n) is 6.47. The lowest BCUT2D eigenvalue weighted by Crippen LogP contribution is -2.46. The molecule has 3 saturated carbocycles. The zero-order valence-electron chi connectivity index (χ0n) is 15.8. The van der Waals surface area contributed by atoms with E-state index >= 15 is 0 Å². The summed E-state index contributed by atoms with van der Waals surface area (Å²) < 4.78 is 26.6. The number of aliphatic hydroxyl groups excluding tert-OH is 1. The number of aromatic nitrogens is 2. The summed E-state index contributed by atoms with van der Waals surface area (Å²) in [5, 5.41) is 17.8. The van der Waals surface area contributed by atoms with Crippen LogP contribution in [0.1, 0.15) is 37.4 Å². The lowest BCUT2D eigenvalue weighted by Gasteiger charge is -2.38. The largest absolute Gasteiger partial charge is 0.493 e. The minimum absolute atomic E-state index is 0.0155. The molecular weight excluding hydrogens is 401 g/mol. The lowest BCUT2D eigenvalue weighted by atomic mass is 9.77. The van der Waals surface area contributed by atoms with Gasteiger partial charge in [-0.15, -0.1) is 0 Å². The van der Waals surface area contributed by atoms with E-state index in [4.69, 9.17) is 21.1 Å². The van der Waals surface area contributed by atoms with Gasteiger partial charge in [0.25, 0.3) is 5.91 Å². The van der Waals surface area contributed by atoms with Gasteiger partial charge in [-0.3, -0.25) is 9.48 Å². The Morgan fingerprint density at radius 2 is 2.24 bits per heavy atom. The summed E-state index contributed by atoms with van der Waals surface area (Å²) in [4.78, 5) is 12.8. The highest BCUT2D eigenvalue weighted by atomic mass is 35.5. The molecule has 2 heterocycles. The Labute approximate surface area is 171 Å². The second kappa shape index (κ2) is 6.60. The van der Waals surface area contributed by atoms with Crippen molar-refractivity contribution in [2.24, 2.45) is 5.92 Å². The second-order valence-corrected chi connectivity index (χ2v) is 8.61. The smallest absolute Gasteiger partial charge is 0.261 e. The maximum Gasteiger partial charge on any atom is 0.261 e. The van der Waals surface area contributed by atoms with Gasteiger partial charge in [-0.1, -0.05) is 11.6 Å². The molecule has 154 valence electrons. The number of fused-ring (bicyclic) bond motifs is 2. The quantitative estimate of drug-likeness (QED) is 0.792. The first kappa shape index (κ1) is 18.7. The van der Waals surface area contributed by atoms with E-state index in [1.165, 1.54) is 6.07 Å². The van der Waals surface area contributed by atoms with Gasteiger partial charge in [0, 0.05) is 24.1 Å². The molecule has 1 aromatic carbocycles. The molecule has 7 nitrogen and oxygen atoms in total. The number of carbonyl (C=O) groups is 1. The summed E-state index contributed by atoms with van der Waals surface area (Å²) >= 11 is 5.78. The number of benzene rings is 1. The Kier molecular flexibility index (Phi) is 4.25. The molecule has 1 unspecified atom stereocenters. The van der Waals surface area contributed by atoms with Crippen molar-refractivity contribution < 1.29 is 23.8 Å². The van der Waals surface area contributed by atoms with Gasteiger partial charge in [-0.2, -0.15) is 5.10 Å². The Balaban J connectivity index is 1.26. The van der Waals surface area contributed by atoms with Gasteiger partial charge in [0.1, 0.15) is 11.6 Å². The molecule has 29 heavy (non-hydrogen) atoms.